The number of halogens is 1. The molecule has 2 aromatic carbocycles. The maximum Gasteiger partial charge on any atom is 0.328 e. The third kappa shape index (κ3) is 5.40. The van der Waals surface area contributed by atoms with Gasteiger partial charge in [-0.2, -0.15) is 0 Å². The highest BCUT2D eigenvalue weighted by Gasteiger charge is 2.41. The van der Waals surface area contributed by atoms with Gasteiger partial charge in [0.2, 0.25) is 0 Å². The highest BCUT2D eigenvalue weighted by molar-refractivity contribution is 14.1. The average Bonchev–Trinajstić information content (AvgIpc) is 3.05. The first-order valence-electron chi connectivity index (χ1n) is 9.24. The molecule has 1 atom stereocenters. The van der Waals surface area contributed by atoms with E-state index in [0.29, 0.717) is 23.7 Å². The predicted octanol–water partition coefficient (Wildman–Crippen LogP) is 4.48. The van der Waals surface area contributed by atoms with Gasteiger partial charge >= 0.3 is 5.97 Å². The highest BCUT2D eigenvalue weighted by atomic mass is 127. The number of hydrogen-bond acceptors (Lipinski definition) is 7. The minimum atomic E-state index is -0.991. The van der Waals surface area contributed by atoms with Gasteiger partial charge in [-0.25, -0.2) is 4.79 Å². The van der Waals surface area contributed by atoms with Crippen molar-refractivity contribution in [2.75, 3.05) is 14.2 Å². The third-order valence-corrected chi connectivity index (χ3v) is 6.15. The molecule has 1 heterocycles. The summed E-state index contributed by atoms with van der Waals surface area (Å²) >= 11 is 3.02. The van der Waals surface area contributed by atoms with Crippen molar-refractivity contribution in [3.05, 3.63) is 62.1 Å². The number of rotatable bonds is 7. The molecule has 0 radical (unpaired) electrons. The quantitative estimate of drug-likeness (QED) is 0.284. The molecule has 0 aliphatic carbocycles. The molecule has 2 aromatic rings. The maximum atomic E-state index is 12.6. The number of ether oxygens (including phenoxy) is 3. The van der Waals surface area contributed by atoms with Crippen molar-refractivity contribution < 1.29 is 28.6 Å². The zero-order valence-electron chi connectivity index (χ0n) is 17.1. The molecule has 3 rings (SSSR count). The number of imide groups is 1. The lowest BCUT2D eigenvalue weighted by atomic mass is 10.1. The third-order valence-electron chi connectivity index (χ3n) is 4.55. The summed E-state index contributed by atoms with van der Waals surface area (Å²) in [7, 11) is 2.74. The van der Waals surface area contributed by atoms with Crippen LogP contribution < -0.4 is 9.47 Å². The monoisotopic (exact) mass is 553 g/mol. The molecule has 1 saturated heterocycles. The molecule has 0 saturated carbocycles. The lowest BCUT2D eigenvalue weighted by Gasteiger charge is -2.18. The molecule has 1 aliphatic rings. The lowest BCUT2D eigenvalue weighted by molar-refractivity contribution is -0.148. The van der Waals surface area contributed by atoms with Crippen LogP contribution in [0.1, 0.15) is 18.1 Å². The van der Waals surface area contributed by atoms with Crippen molar-refractivity contribution in [1.82, 2.24) is 4.90 Å². The molecule has 0 aromatic heterocycles. The molecule has 162 valence electrons. The van der Waals surface area contributed by atoms with E-state index in [1.807, 2.05) is 24.3 Å². The molecule has 0 unspecified atom stereocenters. The number of methoxy groups -OCH3 is 2. The summed E-state index contributed by atoms with van der Waals surface area (Å²) in [5.41, 5.74) is 1.69. The average molecular weight is 553 g/mol. The Morgan fingerprint density at radius 3 is 2.48 bits per heavy atom. The Labute approximate surface area is 197 Å². The molecule has 2 amide bonds. The van der Waals surface area contributed by atoms with E-state index < -0.39 is 23.2 Å². The summed E-state index contributed by atoms with van der Waals surface area (Å²) in [5.74, 6) is -0.127. The molecule has 31 heavy (non-hydrogen) atoms. The molecule has 7 nitrogen and oxygen atoms in total. The van der Waals surface area contributed by atoms with Gasteiger partial charge in [-0.15, -0.1) is 0 Å². The van der Waals surface area contributed by atoms with Crippen molar-refractivity contribution >= 4 is 57.5 Å². The number of amides is 2. The summed E-state index contributed by atoms with van der Waals surface area (Å²) in [6.45, 7) is 1.84. The second-order valence-corrected chi connectivity index (χ2v) is 8.82. The van der Waals surface area contributed by atoms with Crippen LogP contribution in [0.3, 0.4) is 0 Å². The first-order chi connectivity index (χ1) is 14.8. The molecule has 1 aliphatic heterocycles. The van der Waals surface area contributed by atoms with Crippen LogP contribution in [0.4, 0.5) is 4.79 Å². The second kappa shape index (κ2) is 10.2. The molecular formula is C22H20INO6S. The van der Waals surface area contributed by atoms with Crippen LogP contribution in [-0.2, 0) is 20.9 Å². The van der Waals surface area contributed by atoms with Crippen LogP contribution in [0, 0.1) is 3.57 Å². The van der Waals surface area contributed by atoms with Crippen LogP contribution >= 0.6 is 34.4 Å². The Morgan fingerprint density at radius 1 is 1.13 bits per heavy atom. The number of carbonyl (C=O) groups is 3. The fourth-order valence-electron chi connectivity index (χ4n) is 2.88. The summed E-state index contributed by atoms with van der Waals surface area (Å²) in [4.78, 5) is 37.7. The highest BCUT2D eigenvalue weighted by Crippen LogP contribution is 2.35. The van der Waals surface area contributed by atoms with Crippen molar-refractivity contribution in [2.24, 2.45) is 0 Å². The minimum Gasteiger partial charge on any atom is -0.493 e. The number of esters is 1. The van der Waals surface area contributed by atoms with E-state index in [-0.39, 0.29) is 4.91 Å². The van der Waals surface area contributed by atoms with Crippen LogP contribution in [0.15, 0.2) is 47.4 Å². The van der Waals surface area contributed by atoms with Gasteiger partial charge in [-0.3, -0.25) is 14.5 Å². The lowest BCUT2D eigenvalue weighted by Crippen LogP contribution is -2.42. The standard InChI is InChI=1S/C22H20INO6S/c1-13(21(26)29-3)24-20(25)19(31-22(24)27)11-15-6-9-17(18(10-15)28-2)30-12-14-4-7-16(23)8-5-14/h4-11,13H,12H2,1-3H3/b19-11+/t13-/m1/s1. The van der Waals surface area contributed by atoms with Crippen LogP contribution in [0.25, 0.3) is 6.08 Å². The van der Waals surface area contributed by atoms with Crippen molar-refractivity contribution in [3.8, 4) is 11.5 Å². The van der Waals surface area contributed by atoms with Crippen molar-refractivity contribution in [3.63, 3.8) is 0 Å². The largest absolute Gasteiger partial charge is 0.493 e. The first-order valence-corrected chi connectivity index (χ1v) is 11.1. The predicted molar refractivity (Wildman–Crippen MR) is 126 cm³/mol. The van der Waals surface area contributed by atoms with Gasteiger partial charge in [0, 0.05) is 3.57 Å². The van der Waals surface area contributed by atoms with Crippen molar-refractivity contribution in [2.45, 2.75) is 19.6 Å². The van der Waals surface area contributed by atoms with Gasteiger partial charge in [0.25, 0.3) is 11.1 Å². The van der Waals surface area contributed by atoms with E-state index in [2.05, 4.69) is 27.3 Å². The fraction of sp³-hybridized carbons (Fsp3) is 0.227. The fourth-order valence-corrected chi connectivity index (χ4v) is 4.14. The normalized spacial score (nSPS) is 15.9. The molecule has 9 heteroatoms. The Bertz CT molecular complexity index is 1040. The van der Waals surface area contributed by atoms with E-state index in [9.17, 15) is 14.4 Å². The van der Waals surface area contributed by atoms with Crippen LogP contribution in [0.5, 0.6) is 11.5 Å². The van der Waals surface area contributed by atoms with Gasteiger partial charge in [0.1, 0.15) is 12.6 Å². The molecule has 1 fully saturated rings. The Balaban J connectivity index is 1.76. The van der Waals surface area contributed by atoms with Gasteiger partial charge < -0.3 is 14.2 Å². The van der Waals surface area contributed by atoms with Crippen LogP contribution in [-0.4, -0.2) is 42.3 Å². The van der Waals surface area contributed by atoms with Crippen molar-refractivity contribution in [1.29, 1.82) is 0 Å². The Hall–Kier alpha value is -2.53. The molecule has 0 bridgehead atoms. The molecule has 0 spiro atoms. The van der Waals surface area contributed by atoms with Crippen LogP contribution in [0.2, 0.25) is 0 Å². The molecular weight excluding hydrogens is 533 g/mol. The summed E-state index contributed by atoms with van der Waals surface area (Å²) in [6, 6.07) is 12.3. The number of carbonyl (C=O) groups excluding carboxylic acids is 3. The molecule has 0 N–H and O–H groups in total. The second-order valence-electron chi connectivity index (χ2n) is 6.58. The van der Waals surface area contributed by atoms with E-state index in [4.69, 9.17) is 9.47 Å². The zero-order chi connectivity index (χ0) is 22.5. The number of thioether (sulfide) groups is 1. The van der Waals surface area contributed by atoms with Gasteiger partial charge in [-0.1, -0.05) is 18.2 Å². The Morgan fingerprint density at radius 2 is 1.84 bits per heavy atom. The maximum absolute atomic E-state index is 12.6. The SMILES string of the molecule is COC(=O)[C@@H](C)N1C(=O)S/C(=C/c2ccc(OCc3ccc(I)cc3)c(OC)c2)C1=O. The van der Waals surface area contributed by atoms with Gasteiger partial charge in [0.15, 0.2) is 11.5 Å². The zero-order valence-corrected chi connectivity index (χ0v) is 20.1. The first kappa shape index (κ1) is 23.1. The van der Waals surface area contributed by atoms with E-state index in [0.717, 1.165) is 25.8 Å². The van der Waals surface area contributed by atoms with E-state index in [1.54, 1.807) is 24.3 Å². The number of benzene rings is 2. The summed E-state index contributed by atoms with van der Waals surface area (Å²) < 4.78 is 17.1. The minimum absolute atomic E-state index is 0.218. The smallest absolute Gasteiger partial charge is 0.328 e. The Kier molecular flexibility index (Phi) is 7.60. The number of nitrogens with zero attached hydrogens (tertiary/aromatic N) is 1. The van der Waals surface area contributed by atoms with E-state index >= 15 is 0 Å². The van der Waals surface area contributed by atoms with Gasteiger partial charge in [-0.05, 0) is 82.7 Å². The summed E-state index contributed by atoms with van der Waals surface area (Å²) in [5, 5.41) is -0.515. The van der Waals surface area contributed by atoms with Gasteiger partial charge in [0.05, 0.1) is 19.1 Å². The topological polar surface area (TPSA) is 82.1 Å². The summed E-state index contributed by atoms with van der Waals surface area (Å²) in [6.07, 6.45) is 1.58. The van der Waals surface area contributed by atoms with E-state index in [1.165, 1.54) is 21.1 Å². The number of hydrogen-bond donors (Lipinski definition) is 0.